The van der Waals surface area contributed by atoms with Crippen LogP contribution in [-0.2, 0) is 0 Å². The van der Waals surface area contributed by atoms with Gasteiger partial charge in [-0.05, 0) is 19.1 Å². The zero-order valence-electron chi connectivity index (χ0n) is 8.40. The van der Waals surface area contributed by atoms with Gasteiger partial charge in [0.15, 0.2) is 17.5 Å². The van der Waals surface area contributed by atoms with Gasteiger partial charge in [-0.1, -0.05) is 5.92 Å². The number of hydrogen-bond acceptors (Lipinski definition) is 1. The van der Waals surface area contributed by atoms with E-state index in [1.807, 2.05) is 0 Å². The molecule has 0 unspecified atom stereocenters. The summed E-state index contributed by atoms with van der Waals surface area (Å²) >= 11 is 0. The number of benzene rings is 1. The minimum Gasteiger partial charge on any atom is -0.341 e. The summed E-state index contributed by atoms with van der Waals surface area (Å²) in [7, 11) is 0. The van der Waals surface area contributed by atoms with E-state index in [4.69, 9.17) is 0 Å². The lowest BCUT2D eigenvalue weighted by Gasteiger charge is -2.02. The lowest BCUT2D eigenvalue weighted by Crippen LogP contribution is -2.24. The number of carbonyl (C=O) groups is 1. The van der Waals surface area contributed by atoms with Crippen LogP contribution in [0.1, 0.15) is 17.3 Å². The molecule has 0 aliphatic carbocycles. The minimum atomic E-state index is -1.59. The van der Waals surface area contributed by atoms with Crippen LogP contribution in [0.2, 0.25) is 0 Å². The highest BCUT2D eigenvalue weighted by atomic mass is 19.2. The first-order valence-electron chi connectivity index (χ1n) is 4.38. The molecular formula is C11H8F3NO. The van der Waals surface area contributed by atoms with E-state index in [1.165, 1.54) is 0 Å². The summed E-state index contributed by atoms with van der Waals surface area (Å²) in [5, 5.41) is 2.31. The molecule has 1 rings (SSSR count). The smallest absolute Gasteiger partial charge is 0.252 e. The maximum atomic E-state index is 12.8. The first-order valence-corrected chi connectivity index (χ1v) is 4.38. The summed E-state index contributed by atoms with van der Waals surface area (Å²) in [4.78, 5) is 11.3. The number of nitrogens with one attached hydrogen (secondary N) is 1. The third-order valence-corrected chi connectivity index (χ3v) is 1.76. The van der Waals surface area contributed by atoms with Crippen molar-refractivity contribution in [1.29, 1.82) is 0 Å². The van der Waals surface area contributed by atoms with Crippen LogP contribution in [0.15, 0.2) is 12.1 Å². The fourth-order valence-corrected chi connectivity index (χ4v) is 1.00. The molecule has 0 radical (unpaired) electrons. The number of carbonyl (C=O) groups excluding carboxylic acids is 1. The third kappa shape index (κ3) is 2.76. The van der Waals surface area contributed by atoms with Gasteiger partial charge in [0.1, 0.15) is 0 Å². The van der Waals surface area contributed by atoms with Gasteiger partial charge >= 0.3 is 0 Å². The predicted octanol–water partition coefficient (Wildman–Crippen LogP) is 1.86. The van der Waals surface area contributed by atoms with E-state index < -0.39 is 23.4 Å². The van der Waals surface area contributed by atoms with Crippen LogP contribution in [-0.4, -0.2) is 12.5 Å². The Bertz CT molecular complexity index is 451. The molecule has 0 saturated carbocycles. The molecule has 0 atom stereocenters. The monoisotopic (exact) mass is 227 g/mol. The molecule has 1 aromatic carbocycles. The summed E-state index contributed by atoms with van der Waals surface area (Å²) in [6.07, 6.45) is 0. The van der Waals surface area contributed by atoms with Gasteiger partial charge in [-0.25, -0.2) is 13.2 Å². The molecule has 5 heteroatoms. The molecule has 84 valence electrons. The van der Waals surface area contributed by atoms with Crippen LogP contribution in [0.5, 0.6) is 0 Å². The predicted molar refractivity (Wildman–Crippen MR) is 52.1 cm³/mol. The average molecular weight is 227 g/mol. The number of hydrogen-bond donors (Lipinski definition) is 1. The largest absolute Gasteiger partial charge is 0.341 e. The summed E-state index contributed by atoms with van der Waals surface area (Å²) < 4.78 is 38.1. The molecule has 0 heterocycles. The van der Waals surface area contributed by atoms with Gasteiger partial charge in [0.25, 0.3) is 5.91 Å². The molecule has 2 nitrogen and oxygen atoms in total. The van der Waals surface area contributed by atoms with E-state index in [0.717, 1.165) is 0 Å². The van der Waals surface area contributed by atoms with E-state index >= 15 is 0 Å². The van der Waals surface area contributed by atoms with E-state index in [-0.39, 0.29) is 12.1 Å². The lowest BCUT2D eigenvalue weighted by atomic mass is 10.2. The van der Waals surface area contributed by atoms with Gasteiger partial charge < -0.3 is 5.32 Å². The Kier molecular flexibility index (Phi) is 3.95. The Labute approximate surface area is 90.5 Å². The van der Waals surface area contributed by atoms with Gasteiger partial charge in [0, 0.05) is 5.56 Å². The van der Waals surface area contributed by atoms with Gasteiger partial charge in [0.2, 0.25) is 0 Å². The molecule has 1 N–H and O–H groups in total. The van der Waals surface area contributed by atoms with Crippen LogP contribution in [0, 0.1) is 29.3 Å². The zero-order valence-corrected chi connectivity index (χ0v) is 8.40. The topological polar surface area (TPSA) is 29.1 Å². The highest BCUT2D eigenvalue weighted by molar-refractivity contribution is 5.94. The average Bonchev–Trinajstić information content (AvgIpc) is 2.25. The van der Waals surface area contributed by atoms with Crippen LogP contribution < -0.4 is 5.32 Å². The van der Waals surface area contributed by atoms with E-state index in [2.05, 4.69) is 17.2 Å². The van der Waals surface area contributed by atoms with Crippen molar-refractivity contribution in [2.45, 2.75) is 6.92 Å². The second-order valence-corrected chi connectivity index (χ2v) is 2.86. The van der Waals surface area contributed by atoms with Crippen molar-refractivity contribution in [1.82, 2.24) is 5.32 Å². The van der Waals surface area contributed by atoms with Crippen LogP contribution in [0.3, 0.4) is 0 Å². The Morgan fingerprint density at radius 1 is 1.31 bits per heavy atom. The maximum absolute atomic E-state index is 12.8. The lowest BCUT2D eigenvalue weighted by molar-refractivity contribution is 0.0957. The Hall–Kier alpha value is -1.96. The molecule has 0 fully saturated rings. The van der Waals surface area contributed by atoms with Crippen molar-refractivity contribution in [2.24, 2.45) is 0 Å². The van der Waals surface area contributed by atoms with Gasteiger partial charge in [-0.15, -0.1) is 5.92 Å². The fourth-order valence-electron chi connectivity index (χ4n) is 1.00. The number of halogens is 3. The highest BCUT2D eigenvalue weighted by Gasteiger charge is 2.14. The number of rotatable bonds is 2. The van der Waals surface area contributed by atoms with Crippen molar-refractivity contribution in [3.8, 4) is 11.8 Å². The minimum absolute atomic E-state index is 0.0654. The molecule has 0 aliphatic rings. The summed E-state index contributed by atoms with van der Waals surface area (Å²) in [5.74, 6) is -0.0141. The Balaban J connectivity index is 2.87. The fraction of sp³-hybridized carbons (Fsp3) is 0.182. The second kappa shape index (κ2) is 5.21. The van der Waals surface area contributed by atoms with Crippen molar-refractivity contribution in [3.63, 3.8) is 0 Å². The zero-order chi connectivity index (χ0) is 12.1. The van der Waals surface area contributed by atoms with E-state index in [0.29, 0.717) is 12.1 Å². The van der Waals surface area contributed by atoms with Crippen molar-refractivity contribution >= 4 is 5.91 Å². The molecule has 16 heavy (non-hydrogen) atoms. The van der Waals surface area contributed by atoms with E-state index in [1.54, 1.807) is 6.92 Å². The molecule has 1 aromatic rings. The molecule has 0 bridgehead atoms. The van der Waals surface area contributed by atoms with Gasteiger partial charge in [-0.3, -0.25) is 4.79 Å². The first kappa shape index (κ1) is 12.1. The van der Waals surface area contributed by atoms with Crippen molar-refractivity contribution in [3.05, 3.63) is 35.1 Å². The van der Waals surface area contributed by atoms with Crippen LogP contribution in [0.25, 0.3) is 0 Å². The van der Waals surface area contributed by atoms with Crippen molar-refractivity contribution < 1.29 is 18.0 Å². The van der Waals surface area contributed by atoms with E-state index in [9.17, 15) is 18.0 Å². The standard InChI is InChI=1S/C11H8F3NO/c1-2-3-4-15-11(16)7-5-8(12)10(14)9(13)6-7/h5-6H,4H2,1H3,(H,15,16). The summed E-state index contributed by atoms with van der Waals surface area (Å²) in [5.41, 5.74) is -0.283. The third-order valence-electron chi connectivity index (χ3n) is 1.76. The van der Waals surface area contributed by atoms with Gasteiger partial charge in [-0.2, -0.15) is 0 Å². The second-order valence-electron chi connectivity index (χ2n) is 2.86. The normalized spacial score (nSPS) is 9.25. The van der Waals surface area contributed by atoms with Gasteiger partial charge in [0.05, 0.1) is 6.54 Å². The molecule has 0 saturated heterocycles. The number of amides is 1. The Morgan fingerprint density at radius 3 is 2.38 bits per heavy atom. The Morgan fingerprint density at radius 2 is 1.88 bits per heavy atom. The quantitative estimate of drug-likeness (QED) is 0.606. The summed E-state index contributed by atoms with van der Waals surface area (Å²) in [6, 6.07) is 1.26. The SMILES string of the molecule is CC#CCNC(=O)c1cc(F)c(F)c(F)c1. The maximum Gasteiger partial charge on any atom is 0.252 e. The molecule has 1 amide bonds. The molecule has 0 aromatic heterocycles. The molecular weight excluding hydrogens is 219 g/mol. The van der Waals surface area contributed by atoms with Crippen LogP contribution >= 0.6 is 0 Å². The summed E-state index contributed by atoms with van der Waals surface area (Å²) in [6.45, 7) is 1.65. The molecule has 0 spiro atoms. The van der Waals surface area contributed by atoms with Crippen molar-refractivity contribution in [2.75, 3.05) is 6.54 Å². The molecule has 0 aliphatic heterocycles. The highest BCUT2D eigenvalue weighted by Crippen LogP contribution is 2.13. The first-order chi connectivity index (χ1) is 7.56. The van der Waals surface area contributed by atoms with Crippen LogP contribution in [0.4, 0.5) is 13.2 Å².